The van der Waals surface area contributed by atoms with Gasteiger partial charge in [-0.3, -0.25) is 18.2 Å². The van der Waals surface area contributed by atoms with Crippen molar-refractivity contribution < 1.29 is 56.5 Å². The first-order chi connectivity index (χ1) is 24.2. The number of hydrogen-bond acceptors (Lipinski definition) is 9. The maximum absolute atomic E-state index is 12.1. The first-order valence-electron chi connectivity index (χ1n) is 16.6. The Balaban J connectivity index is 1.37. The van der Waals surface area contributed by atoms with E-state index in [2.05, 4.69) is 6.08 Å². The zero-order valence-electron chi connectivity index (χ0n) is 29.0. The van der Waals surface area contributed by atoms with E-state index < -0.39 is 68.2 Å². The van der Waals surface area contributed by atoms with Crippen LogP contribution in [0.4, 0.5) is 11.4 Å². The van der Waals surface area contributed by atoms with Gasteiger partial charge in [0.15, 0.2) is 12.3 Å². The lowest BCUT2D eigenvalue weighted by molar-refractivity contribution is -0.432. The summed E-state index contributed by atoms with van der Waals surface area (Å²) in [5.41, 5.74) is 3.38. The Kier molecular flexibility index (Phi) is 8.52. The van der Waals surface area contributed by atoms with E-state index in [0.717, 1.165) is 16.7 Å². The summed E-state index contributed by atoms with van der Waals surface area (Å²) in [7, 11) is -17.9. The van der Waals surface area contributed by atoms with Crippen LogP contribution in [0.5, 0.6) is 0 Å². The highest BCUT2D eigenvalue weighted by Crippen LogP contribution is 2.73. The van der Waals surface area contributed by atoms with Crippen molar-refractivity contribution in [2.75, 3.05) is 29.5 Å². The van der Waals surface area contributed by atoms with E-state index in [0.29, 0.717) is 58.2 Å². The second-order valence-corrected chi connectivity index (χ2v) is 21.6. The standard InChI is InChI=1S/C34H37ClN2O12S4/c1-32(2)24-16-20(52(44,45)46)6-9-27(24)36(11-13-50(38,39)40)30(32)23-15-19-5-8-22(23)29(35)34(19)18-26(34)31-33(3,4)25-17-21(53(47,48)49)7-10-28(25)37(31)12-14-51(41,42)43/h6-7,9-10,15-17,19H,5,8,11-14,18H2,1-4H3,(H3-,38,39,40,41,42,43,44,45,46,47,48,49)/p+1. The van der Waals surface area contributed by atoms with Crippen molar-refractivity contribution in [3.8, 4) is 0 Å². The van der Waals surface area contributed by atoms with Gasteiger partial charge >= 0.3 is 0 Å². The highest BCUT2D eigenvalue weighted by atomic mass is 35.5. The normalized spacial score (nSPS) is 26.0. The van der Waals surface area contributed by atoms with E-state index in [1.54, 1.807) is 9.48 Å². The van der Waals surface area contributed by atoms with Crippen molar-refractivity contribution in [2.24, 2.45) is 11.3 Å². The number of nitrogens with zero attached hydrogens (tertiary/aromatic N) is 2. The zero-order valence-corrected chi connectivity index (χ0v) is 33.1. The SMILES string of the molecule is CC1(C)C(=C2CC23C(Cl)=C2CCC3C=C2C2=[N+](CCS(=O)(=O)O)c3ccc(S(=O)(=O)O)cc3C2(C)C)N(CCS(=O)(=O)O)c2ccc(S(=O)(=O)O)cc21. The van der Waals surface area contributed by atoms with Crippen molar-refractivity contribution in [1.82, 2.24) is 0 Å². The highest BCUT2D eigenvalue weighted by Gasteiger charge is 2.65. The quantitative estimate of drug-likeness (QED) is 0.200. The number of rotatable bonds is 9. The minimum absolute atomic E-state index is 0.145. The maximum atomic E-state index is 12.1. The predicted molar refractivity (Wildman–Crippen MR) is 196 cm³/mol. The minimum atomic E-state index is -4.57. The van der Waals surface area contributed by atoms with Gasteiger partial charge in [-0.05, 0) is 86.1 Å². The summed E-state index contributed by atoms with van der Waals surface area (Å²) >= 11 is 7.45. The summed E-state index contributed by atoms with van der Waals surface area (Å²) in [6.45, 7) is 7.14. The van der Waals surface area contributed by atoms with Gasteiger partial charge in [0, 0.05) is 51.0 Å². The Labute approximate surface area is 313 Å². The van der Waals surface area contributed by atoms with Crippen LogP contribution < -0.4 is 4.90 Å². The summed E-state index contributed by atoms with van der Waals surface area (Å²) in [6, 6.07) is 8.18. The largest absolute Gasteiger partial charge is 0.343 e. The number of fused-ring (bicyclic) bond motifs is 3. The van der Waals surface area contributed by atoms with Gasteiger partial charge in [-0.2, -0.15) is 38.2 Å². The Bertz CT molecular complexity index is 2620. The van der Waals surface area contributed by atoms with E-state index in [9.17, 15) is 51.9 Å². The van der Waals surface area contributed by atoms with Gasteiger partial charge in [0.05, 0.1) is 21.0 Å². The van der Waals surface area contributed by atoms with Crippen LogP contribution in [0.2, 0.25) is 0 Å². The molecule has 2 aliphatic heterocycles. The molecule has 2 bridgehead atoms. The molecule has 19 heteroatoms. The molecule has 6 aliphatic rings. The molecular formula is C34H38ClN2O12S4+. The van der Waals surface area contributed by atoms with Gasteiger partial charge < -0.3 is 4.90 Å². The van der Waals surface area contributed by atoms with Crippen LogP contribution in [0.25, 0.3) is 0 Å². The average Bonchev–Trinajstić information content (AvgIpc) is 3.63. The molecule has 2 aromatic rings. The fraction of sp³-hybridized carbons (Fsp3) is 0.441. The first-order valence-corrected chi connectivity index (χ1v) is 23.1. The summed E-state index contributed by atoms with van der Waals surface area (Å²) < 4.78 is 137. The number of hydrogen-bond donors (Lipinski definition) is 4. The van der Waals surface area contributed by atoms with Crippen LogP contribution in [0.15, 0.2) is 79.7 Å². The third kappa shape index (κ3) is 6.14. The lowest BCUT2D eigenvalue weighted by atomic mass is 9.65. The molecule has 4 N–H and O–H groups in total. The molecule has 286 valence electrons. The molecule has 14 nitrogen and oxygen atoms in total. The van der Waals surface area contributed by atoms with Gasteiger partial charge in [-0.1, -0.05) is 31.5 Å². The van der Waals surface area contributed by atoms with Crippen LogP contribution in [0, 0.1) is 11.3 Å². The number of benzene rings is 2. The average molecular weight is 830 g/mol. The third-order valence-corrected chi connectivity index (χ3v) is 15.1. The highest BCUT2D eigenvalue weighted by molar-refractivity contribution is 7.86. The second kappa shape index (κ2) is 11.8. The third-order valence-electron chi connectivity index (χ3n) is 11.4. The number of anilines is 1. The summed E-state index contributed by atoms with van der Waals surface area (Å²) in [4.78, 5) is 1.12. The van der Waals surface area contributed by atoms with Crippen LogP contribution in [-0.2, 0) is 51.3 Å². The second-order valence-electron chi connectivity index (χ2n) is 15.3. The van der Waals surface area contributed by atoms with Crippen LogP contribution in [-0.4, -0.2) is 86.8 Å². The Hall–Kier alpha value is -2.94. The first kappa shape index (κ1) is 38.3. The predicted octanol–water partition coefficient (Wildman–Crippen LogP) is 4.62. The summed E-state index contributed by atoms with van der Waals surface area (Å²) in [5, 5.41) is 0.543. The smallest absolute Gasteiger partial charge is 0.294 e. The maximum Gasteiger partial charge on any atom is 0.294 e. The van der Waals surface area contributed by atoms with Gasteiger partial charge in [0.2, 0.25) is 5.69 Å². The topological polar surface area (TPSA) is 224 Å². The summed E-state index contributed by atoms with van der Waals surface area (Å²) in [5.74, 6) is -1.42. The molecule has 0 aromatic heterocycles. The molecule has 2 aromatic carbocycles. The van der Waals surface area contributed by atoms with Gasteiger partial charge in [-0.25, -0.2) is 0 Å². The van der Waals surface area contributed by atoms with Gasteiger partial charge in [0.25, 0.3) is 40.5 Å². The molecule has 1 saturated carbocycles. The molecule has 0 saturated heterocycles. The monoisotopic (exact) mass is 829 g/mol. The van der Waals surface area contributed by atoms with Crippen molar-refractivity contribution >= 4 is 69.2 Å². The summed E-state index contributed by atoms with van der Waals surface area (Å²) in [6.07, 6.45) is 3.83. The fourth-order valence-electron chi connectivity index (χ4n) is 9.08. The molecule has 1 spiro atoms. The molecule has 2 atom stereocenters. The van der Waals surface area contributed by atoms with Crippen molar-refractivity contribution in [3.63, 3.8) is 0 Å². The number of halogens is 1. The van der Waals surface area contributed by atoms with Crippen molar-refractivity contribution in [3.05, 3.63) is 81.0 Å². The molecule has 0 amide bonds. The molecule has 1 fully saturated rings. The number of allylic oxidation sites excluding steroid dienone is 6. The molecule has 8 rings (SSSR count). The van der Waals surface area contributed by atoms with E-state index in [1.807, 2.05) is 27.7 Å². The van der Waals surface area contributed by atoms with E-state index in [4.69, 9.17) is 11.6 Å². The van der Waals surface area contributed by atoms with E-state index >= 15 is 0 Å². The van der Waals surface area contributed by atoms with Gasteiger partial charge in [-0.15, -0.1) is 0 Å². The van der Waals surface area contributed by atoms with Gasteiger partial charge in [0.1, 0.15) is 5.75 Å². The van der Waals surface area contributed by atoms with Crippen LogP contribution >= 0.6 is 11.6 Å². The fourth-order valence-corrected chi connectivity index (χ4v) is 11.4. The molecule has 4 aliphatic carbocycles. The minimum Gasteiger partial charge on any atom is -0.343 e. The van der Waals surface area contributed by atoms with Crippen LogP contribution in [0.3, 0.4) is 0 Å². The van der Waals surface area contributed by atoms with Crippen molar-refractivity contribution in [1.29, 1.82) is 0 Å². The van der Waals surface area contributed by atoms with E-state index in [1.165, 1.54) is 36.4 Å². The lowest BCUT2D eigenvalue weighted by Gasteiger charge is -2.39. The van der Waals surface area contributed by atoms with E-state index in [-0.39, 0.29) is 28.8 Å². The molecule has 53 heavy (non-hydrogen) atoms. The Morgan fingerprint density at radius 3 is 1.96 bits per heavy atom. The van der Waals surface area contributed by atoms with Crippen LogP contribution in [0.1, 0.15) is 58.1 Å². The Morgan fingerprint density at radius 2 is 1.40 bits per heavy atom. The zero-order chi connectivity index (χ0) is 39.1. The molecule has 2 heterocycles. The molecule has 0 radical (unpaired) electrons. The Morgan fingerprint density at radius 1 is 0.811 bits per heavy atom. The molecular weight excluding hydrogens is 792 g/mol. The van der Waals surface area contributed by atoms with Crippen molar-refractivity contribution in [2.45, 2.75) is 67.6 Å². The lowest BCUT2D eigenvalue weighted by Crippen LogP contribution is -2.38. The molecule has 2 unspecified atom stereocenters.